The van der Waals surface area contributed by atoms with Crippen molar-refractivity contribution in [3.05, 3.63) is 103 Å². The highest BCUT2D eigenvalue weighted by molar-refractivity contribution is 9.10. The van der Waals surface area contributed by atoms with Crippen molar-refractivity contribution >= 4 is 43.6 Å². The van der Waals surface area contributed by atoms with Gasteiger partial charge in [-0.2, -0.15) is 0 Å². The summed E-state index contributed by atoms with van der Waals surface area (Å²) in [6.07, 6.45) is 1.67. The maximum atomic E-state index is 5.68. The van der Waals surface area contributed by atoms with E-state index in [-0.39, 0.29) is 0 Å². The molecule has 3 N–H and O–H groups in total. The lowest BCUT2D eigenvalue weighted by atomic mass is 10.1. The lowest BCUT2D eigenvalue weighted by Gasteiger charge is -2.02. The lowest BCUT2D eigenvalue weighted by molar-refractivity contribution is 0.898. The first kappa shape index (κ1) is 23.6. The van der Waals surface area contributed by atoms with E-state index in [9.17, 15) is 0 Å². The largest absolute Gasteiger partial charge is 0.330 e. The van der Waals surface area contributed by atoms with E-state index in [4.69, 9.17) is 17.5 Å². The van der Waals surface area contributed by atoms with Gasteiger partial charge in [-0.05, 0) is 96.9 Å². The molecule has 0 aliphatic heterocycles. The summed E-state index contributed by atoms with van der Waals surface area (Å²) < 4.78 is 2.02. The molecule has 0 unspecified atom stereocenters. The monoisotopic (exact) mass is 554 g/mol. The van der Waals surface area contributed by atoms with Crippen LogP contribution in [0.3, 0.4) is 0 Å². The Kier molecular flexibility index (Phi) is 9.22. The number of hydrogen-bond donors (Lipinski definition) is 2. The molecule has 0 fully saturated rings. The van der Waals surface area contributed by atoms with E-state index in [2.05, 4.69) is 84.6 Å². The van der Waals surface area contributed by atoms with E-state index in [1.54, 1.807) is 0 Å². The second-order valence-corrected chi connectivity index (χ2v) is 9.05. The third-order valence-electron chi connectivity index (χ3n) is 4.42. The average molecular weight is 557 g/mol. The van der Waals surface area contributed by atoms with Gasteiger partial charge in [-0.3, -0.25) is 0 Å². The standard InChI is InChI=1S/C26H21Br2ClN2/c27-25-15-21(13-23(17-25)8-10-30)6-4-19-2-1-3-20(12-19)5-7-22-14-24(9-11-31-29)18-26(28)16-22/h1-3,12-18,31H,8-11,30H2. The number of nitrogens with two attached hydrogens (primary N) is 1. The van der Waals surface area contributed by atoms with E-state index < -0.39 is 0 Å². The lowest BCUT2D eigenvalue weighted by Crippen LogP contribution is -2.04. The van der Waals surface area contributed by atoms with Crippen molar-refractivity contribution in [3.8, 4) is 23.7 Å². The molecule has 3 rings (SSSR count). The van der Waals surface area contributed by atoms with Gasteiger partial charge in [0.05, 0.1) is 0 Å². The van der Waals surface area contributed by atoms with Crippen LogP contribution in [-0.2, 0) is 12.8 Å². The minimum atomic E-state index is 0.618. The average Bonchev–Trinajstić information content (AvgIpc) is 2.75. The molecule has 0 amide bonds. The van der Waals surface area contributed by atoms with Gasteiger partial charge in [0, 0.05) is 37.7 Å². The normalized spacial score (nSPS) is 10.1. The second kappa shape index (κ2) is 12.1. The maximum Gasteiger partial charge on any atom is 0.0263 e. The molecule has 2 nitrogen and oxygen atoms in total. The van der Waals surface area contributed by atoms with E-state index in [0.717, 1.165) is 44.0 Å². The minimum absolute atomic E-state index is 0.618. The molecule has 156 valence electrons. The zero-order valence-electron chi connectivity index (χ0n) is 16.8. The van der Waals surface area contributed by atoms with Gasteiger partial charge >= 0.3 is 0 Å². The number of benzene rings is 3. The number of halogens is 3. The molecule has 0 spiro atoms. The van der Waals surface area contributed by atoms with Crippen LogP contribution in [0.15, 0.2) is 69.6 Å². The molecule has 3 aromatic rings. The van der Waals surface area contributed by atoms with Crippen LogP contribution < -0.4 is 10.6 Å². The van der Waals surface area contributed by atoms with Gasteiger partial charge in [0.1, 0.15) is 0 Å². The number of nitrogens with one attached hydrogen (secondary N) is 1. The van der Waals surface area contributed by atoms with Crippen molar-refractivity contribution in [2.45, 2.75) is 12.8 Å². The predicted octanol–water partition coefficient (Wildman–Crippen LogP) is 5.80. The first-order chi connectivity index (χ1) is 15.1. The molecule has 0 radical (unpaired) electrons. The van der Waals surface area contributed by atoms with Crippen molar-refractivity contribution < 1.29 is 0 Å². The highest BCUT2D eigenvalue weighted by atomic mass is 79.9. The van der Waals surface area contributed by atoms with Crippen LogP contribution in [0.25, 0.3) is 0 Å². The summed E-state index contributed by atoms with van der Waals surface area (Å²) in [5, 5.41) is 0. The molecule has 0 saturated carbocycles. The Morgan fingerprint density at radius 1 is 0.710 bits per heavy atom. The van der Waals surface area contributed by atoms with Crippen molar-refractivity contribution in [1.82, 2.24) is 4.84 Å². The summed E-state index contributed by atoms with van der Waals surface area (Å²) in [6, 6.07) is 20.3. The fraction of sp³-hybridized carbons (Fsp3) is 0.154. The van der Waals surface area contributed by atoms with E-state index in [1.165, 1.54) is 11.1 Å². The van der Waals surface area contributed by atoms with Crippen LogP contribution in [-0.4, -0.2) is 13.1 Å². The fourth-order valence-electron chi connectivity index (χ4n) is 3.06. The third-order valence-corrected chi connectivity index (χ3v) is 5.53. The minimum Gasteiger partial charge on any atom is -0.330 e. The summed E-state index contributed by atoms with van der Waals surface area (Å²) in [7, 11) is 0. The molecule has 0 aliphatic rings. The van der Waals surface area contributed by atoms with Gasteiger partial charge in [-0.15, -0.1) is 0 Å². The Balaban J connectivity index is 1.80. The molecule has 31 heavy (non-hydrogen) atoms. The molecule has 3 aromatic carbocycles. The Morgan fingerprint density at radius 2 is 1.23 bits per heavy atom. The molecule has 0 saturated heterocycles. The zero-order valence-corrected chi connectivity index (χ0v) is 20.7. The highest BCUT2D eigenvalue weighted by Crippen LogP contribution is 2.17. The summed E-state index contributed by atoms with van der Waals surface area (Å²) in [6.45, 7) is 1.32. The molecule has 0 aromatic heterocycles. The van der Waals surface area contributed by atoms with E-state index >= 15 is 0 Å². The number of rotatable bonds is 5. The van der Waals surface area contributed by atoms with Crippen molar-refractivity contribution in [2.75, 3.05) is 13.1 Å². The Hall–Kier alpha value is -2.05. The summed E-state index contributed by atoms with van der Waals surface area (Å²) in [4.78, 5) is 2.66. The van der Waals surface area contributed by atoms with Crippen LogP contribution in [0, 0.1) is 23.7 Å². The molecule has 0 heterocycles. The molecule has 0 atom stereocenters. The Bertz CT molecular complexity index is 1180. The van der Waals surface area contributed by atoms with Gasteiger partial charge in [-0.1, -0.05) is 61.6 Å². The summed E-state index contributed by atoms with van der Waals surface area (Å²) >= 11 is 12.7. The van der Waals surface area contributed by atoms with Crippen LogP contribution in [0.2, 0.25) is 0 Å². The van der Waals surface area contributed by atoms with Crippen molar-refractivity contribution in [1.29, 1.82) is 0 Å². The van der Waals surface area contributed by atoms with Gasteiger partial charge in [0.2, 0.25) is 0 Å². The fourth-order valence-corrected chi connectivity index (χ4v) is 4.23. The SMILES string of the molecule is NCCc1cc(Br)cc(C#Cc2cccc(C#Cc3cc(Br)cc(CCNCl)c3)c2)c1. The molecule has 0 bridgehead atoms. The third kappa shape index (κ3) is 7.86. The Labute approximate surface area is 206 Å². The Morgan fingerprint density at radius 3 is 1.74 bits per heavy atom. The maximum absolute atomic E-state index is 5.68. The van der Waals surface area contributed by atoms with E-state index in [1.807, 2.05) is 36.4 Å². The molecule has 0 aliphatic carbocycles. The van der Waals surface area contributed by atoms with Crippen LogP contribution >= 0.6 is 43.6 Å². The van der Waals surface area contributed by atoms with Gasteiger partial charge in [0.15, 0.2) is 0 Å². The van der Waals surface area contributed by atoms with Crippen LogP contribution in [0.5, 0.6) is 0 Å². The van der Waals surface area contributed by atoms with Gasteiger partial charge in [0.25, 0.3) is 0 Å². The van der Waals surface area contributed by atoms with Gasteiger partial charge in [-0.25, -0.2) is 4.84 Å². The first-order valence-corrected chi connectivity index (χ1v) is 11.8. The van der Waals surface area contributed by atoms with Crippen LogP contribution in [0.4, 0.5) is 0 Å². The smallest absolute Gasteiger partial charge is 0.0263 e. The van der Waals surface area contributed by atoms with Crippen molar-refractivity contribution in [2.24, 2.45) is 5.73 Å². The topological polar surface area (TPSA) is 38.0 Å². The number of hydrogen-bond acceptors (Lipinski definition) is 2. The van der Waals surface area contributed by atoms with Crippen LogP contribution in [0.1, 0.15) is 33.4 Å². The highest BCUT2D eigenvalue weighted by Gasteiger charge is 1.99. The summed E-state index contributed by atoms with van der Waals surface area (Å²) in [5.41, 5.74) is 11.8. The summed E-state index contributed by atoms with van der Waals surface area (Å²) in [5.74, 6) is 13.0. The molecule has 5 heteroatoms. The van der Waals surface area contributed by atoms with Gasteiger partial charge < -0.3 is 5.73 Å². The molecular formula is C26H21Br2ClN2. The van der Waals surface area contributed by atoms with Crippen molar-refractivity contribution in [3.63, 3.8) is 0 Å². The van der Waals surface area contributed by atoms with E-state index in [0.29, 0.717) is 13.1 Å². The quantitative estimate of drug-likeness (QED) is 0.308. The molecular weight excluding hydrogens is 536 g/mol. The zero-order chi connectivity index (χ0) is 22.1. The predicted molar refractivity (Wildman–Crippen MR) is 137 cm³/mol. The first-order valence-electron chi connectivity index (χ1n) is 9.82. The second-order valence-electron chi connectivity index (χ2n) is 6.95.